The molecule has 1 heterocycles. The van der Waals surface area contributed by atoms with Crippen LogP contribution in [0.1, 0.15) is 35.7 Å². The van der Waals surface area contributed by atoms with Gasteiger partial charge in [0.05, 0.1) is 11.1 Å². The second-order valence-electron chi connectivity index (χ2n) is 5.68. The van der Waals surface area contributed by atoms with Crippen LogP contribution < -0.4 is 5.73 Å². The predicted octanol–water partition coefficient (Wildman–Crippen LogP) is 3.04. The lowest BCUT2D eigenvalue weighted by Crippen LogP contribution is -2.45. The van der Waals surface area contributed by atoms with Crippen molar-refractivity contribution in [3.05, 3.63) is 35.1 Å². The number of hydrogen-bond acceptors (Lipinski definition) is 2. The number of nitrogens with two attached hydrogens (primary N) is 1. The Labute approximate surface area is 126 Å². The first-order valence-electron chi connectivity index (χ1n) is 7.12. The van der Waals surface area contributed by atoms with E-state index >= 15 is 0 Å². The van der Waals surface area contributed by atoms with Crippen molar-refractivity contribution >= 4 is 5.91 Å². The largest absolute Gasteiger partial charge is 0.419 e. The summed E-state index contributed by atoms with van der Waals surface area (Å²) < 4.78 is 52.2. The third-order valence-corrected chi connectivity index (χ3v) is 4.02. The molecule has 1 fully saturated rings. The molecule has 7 heteroatoms. The Hall–Kier alpha value is -1.63. The first kappa shape index (κ1) is 16.7. The molecule has 1 aromatic rings. The summed E-state index contributed by atoms with van der Waals surface area (Å²) in [7, 11) is 0. The highest BCUT2D eigenvalue weighted by Gasteiger charge is 2.36. The molecule has 0 bridgehead atoms. The fourth-order valence-corrected chi connectivity index (χ4v) is 2.71. The molecular formula is C15H18F4N2O. The Morgan fingerprint density at radius 2 is 2.09 bits per heavy atom. The van der Waals surface area contributed by atoms with Crippen molar-refractivity contribution in [3.63, 3.8) is 0 Å². The highest BCUT2D eigenvalue weighted by Crippen LogP contribution is 2.33. The predicted molar refractivity (Wildman–Crippen MR) is 73.7 cm³/mol. The molecule has 1 aromatic carbocycles. The monoisotopic (exact) mass is 318 g/mol. The number of carbonyl (C=O) groups excluding carboxylic acids is 1. The third-order valence-electron chi connectivity index (χ3n) is 4.02. The van der Waals surface area contributed by atoms with E-state index < -0.39 is 29.0 Å². The second kappa shape index (κ2) is 6.24. The second-order valence-corrected chi connectivity index (χ2v) is 5.68. The fraction of sp³-hybridized carbons (Fsp3) is 0.533. The quantitative estimate of drug-likeness (QED) is 0.852. The van der Waals surface area contributed by atoms with E-state index in [0.717, 1.165) is 18.6 Å². The van der Waals surface area contributed by atoms with Crippen LogP contribution in [0.25, 0.3) is 0 Å². The van der Waals surface area contributed by atoms with E-state index in [1.165, 1.54) is 4.90 Å². The van der Waals surface area contributed by atoms with Crippen molar-refractivity contribution in [2.75, 3.05) is 13.1 Å². The number of carbonyl (C=O) groups is 1. The molecule has 1 amide bonds. The molecule has 3 nitrogen and oxygen atoms in total. The van der Waals surface area contributed by atoms with E-state index in [4.69, 9.17) is 5.73 Å². The summed E-state index contributed by atoms with van der Waals surface area (Å²) in [6.07, 6.45) is -3.26. The van der Waals surface area contributed by atoms with Gasteiger partial charge in [-0.15, -0.1) is 0 Å². The minimum atomic E-state index is -4.82. The molecule has 0 unspecified atom stereocenters. The number of nitrogens with zero attached hydrogens (tertiary/aromatic N) is 1. The lowest BCUT2D eigenvalue weighted by molar-refractivity contribution is -0.140. The lowest BCUT2D eigenvalue weighted by Gasteiger charge is -2.34. The zero-order chi connectivity index (χ0) is 16.5. The number of alkyl halides is 3. The molecule has 0 radical (unpaired) electrons. The Morgan fingerprint density at radius 1 is 1.41 bits per heavy atom. The van der Waals surface area contributed by atoms with Crippen molar-refractivity contribution in [2.45, 2.75) is 32.0 Å². The van der Waals surface area contributed by atoms with Crippen LogP contribution in [-0.4, -0.2) is 29.9 Å². The lowest BCUT2D eigenvalue weighted by atomic mass is 9.91. The van der Waals surface area contributed by atoms with Gasteiger partial charge in [-0.05, 0) is 37.8 Å². The summed E-state index contributed by atoms with van der Waals surface area (Å²) in [6, 6.07) is 2.64. The molecule has 2 rings (SSSR count). The van der Waals surface area contributed by atoms with E-state index in [2.05, 4.69) is 0 Å². The zero-order valence-electron chi connectivity index (χ0n) is 12.2. The summed E-state index contributed by atoms with van der Waals surface area (Å²) in [5.74, 6) is -2.15. The fourth-order valence-electron chi connectivity index (χ4n) is 2.71. The summed E-state index contributed by atoms with van der Waals surface area (Å²) in [6.45, 7) is 2.56. The van der Waals surface area contributed by atoms with E-state index in [0.29, 0.717) is 25.6 Å². The van der Waals surface area contributed by atoms with Gasteiger partial charge in [-0.25, -0.2) is 4.39 Å². The molecule has 0 spiro atoms. The number of piperidine rings is 1. The molecular weight excluding hydrogens is 300 g/mol. The van der Waals surface area contributed by atoms with E-state index in [-0.39, 0.29) is 12.0 Å². The Morgan fingerprint density at radius 3 is 2.68 bits per heavy atom. The first-order valence-corrected chi connectivity index (χ1v) is 7.12. The highest BCUT2D eigenvalue weighted by atomic mass is 19.4. The van der Waals surface area contributed by atoms with Gasteiger partial charge < -0.3 is 10.6 Å². The van der Waals surface area contributed by atoms with E-state index in [1.54, 1.807) is 0 Å². The Kier molecular flexibility index (Phi) is 4.75. The third kappa shape index (κ3) is 3.40. The molecule has 0 aromatic heterocycles. The number of rotatable bonds is 2. The van der Waals surface area contributed by atoms with Gasteiger partial charge in [0.2, 0.25) is 0 Å². The van der Waals surface area contributed by atoms with Crippen LogP contribution in [0.2, 0.25) is 0 Å². The van der Waals surface area contributed by atoms with E-state index in [9.17, 15) is 22.4 Å². The molecule has 22 heavy (non-hydrogen) atoms. The maximum Gasteiger partial charge on any atom is 0.419 e. The SMILES string of the molecule is C[C@H](N)[C@@H]1CCCN(C(=O)c2cccc(C(F)(F)F)c2F)C1. The summed E-state index contributed by atoms with van der Waals surface area (Å²) >= 11 is 0. The van der Waals surface area contributed by atoms with Crippen molar-refractivity contribution in [1.29, 1.82) is 0 Å². The van der Waals surface area contributed by atoms with Gasteiger partial charge >= 0.3 is 6.18 Å². The number of halogens is 4. The van der Waals surface area contributed by atoms with Gasteiger partial charge in [0.1, 0.15) is 5.82 Å². The molecule has 0 saturated carbocycles. The van der Waals surface area contributed by atoms with Crippen LogP contribution >= 0.6 is 0 Å². The molecule has 1 aliphatic rings. The first-order chi connectivity index (χ1) is 10.2. The smallest absolute Gasteiger partial charge is 0.338 e. The van der Waals surface area contributed by atoms with Crippen LogP contribution in [0.15, 0.2) is 18.2 Å². The summed E-state index contributed by atoms with van der Waals surface area (Å²) in [5, 5.41) is 0. The maximum atomic E-state index is 14.0. The van der Waals surface area contributed by atoms with Crippen molar-refractivity contribution in [1.82, 2.24) is 4.90 Å². The van der Waals surface area contributed by atoms with Gasteiger partial charge in [-0.1, -0.05) is 6.07 Å². The Balaban J connectivity index is 2.26. The van der Waals surface area contributed by atoms with Gasteiger partial charge in [-0.3, -0.25) is 4.79 Å². The van der Waals surface area contributed by atoms with Crippen LogP contribution in [-0.2, 0) is 6.18 Å². The minimum absolute atomic E-state index is 0.0755. The number of amides is 1. The highest BCUT2D eigenvalue weighted by molar-refractivity contribution is 5.94. The van der Waals surface area contributed by atoms with Crippen LogP contribution in [0.5, 0.6) is 0 Å². The van der Waals surface area contributed by atoms with Gasteiger partial charge in [0.15, 0.2) is 0 Å². The summed E-state index contributed by atoms with van der Waals surface area (Å²) in [5.41, 5.74) is 3.86. The number of hydrogen-bond donors (Lipinski definition) is 1. The molecule has 1 saturated heterocycles. The van der Waals surface area contributed by atoms with Gasteiger partial charge in [-0.2, -0.15) is 13.2 Å². The average Bonchev–Trinajstić information content (AvgIpc) is 2.45. The number of benzene rings is 1. The van der Waals surface area contributed by atoms with E-state index in [1.807, 2.05) is 6.92 Å². The molecule has 122 valence electrons. The molecule has 2 N–H and O–H groups in total. The van der Waals surface area contributed by atoms with Crippen LogP contribution in [0.3, 0.4) is 0 Å². The van der Waals surface area contributed by atoms with Gasteiger partial charge in [0, 0.05) is 19.1 Å². The van der Waals surface area contributed by atoms with Crippen LogP contribution in [0, 0.1) is 11.7 Å². The minimum Gasteiger partial charge on any atom is -0.338 e. The standard InChI is InChI=1S/C15H18F4N2O/c1-9(20)10-4-3-7-21(8-10)14(22)11-5-2-6-12(13(11)16)15(17,18)19/h2,5-6,9-10H,3-4,7-8,20H2,1H3/t9-,10+/m0/s1. The van der Waals surface area contributed by atoms with Gasteiger partial charge in [0.25, 0.3) is 5.91 Å². The van der Waals surface area contributed by atoms with Crippen LogP contribution in [0.4, 0.5) is 17.6 Å². The molecule has 1 aliphatic heterocycles. The molecule has 2 atom stereocenters. The van der Waals surface area contributed by atoms with Crippen molar-refractivity contribution in [2.24, 2.45) is 11.7 Å². The zero-order valence-corrected chi connectivity index (χ0v) is 12.2. The average molecular weight is 318 g/mol. The van der Waals surface area contributed by atoms with Crippen molar-refractivity contribution in [3.8, 4) is 0 Å². The van der Waals surface area contributed by atoms with Crippen molar-refractivity contribution < 1.29 is 22.4 Å². The number of likely N-dealkylation sites (tertiary alicyclic amines) is 1. The Bertz CT molecular complexity index is 557. The summed E-state index contributed by atoms with van der Waals surface area (Å²) in [4.78, 5) is 13.7. The maximum absolute atomic E-state index is 14.0. The topological polar surface area (TPSA) is 46.3 Å². The molecule has 0 aliphatic carbocycles. The normalized spacial score (nSPS) is 20.8.